The van der Waals surface area contributed by atoms with Gasteiger partial charge in [0.1, 0.15) is 0 Å². The summed E-state index contributed by atoms with van der Waals surface area (Å²) in [6, 6.07) is 1.65. The maximum absolute atomic E-state index is 11.9. The normalized spacial score (nSPS) is 10.3. The van der Waals surface area contributed by atoms with Crippen LogP contribution in [-0.4, -0.2) is 20.9 Å². The number of carbonyl (C=O) groups is 1. The van der Waals surface area contributed by atoms with E-state index in [1.807, 2.05) is 13.8 Å². The number of aromatic nitrogens is 3. The molecule has 5 nitrogen and oxygen atoms in total. The molecule has 0 spiro atoms. The van der Waals surface area contributed by atoms with Crippen molar-refractivity contribution in [3.8, 4) is 0 Å². The molecule has 0 saturated heterocycles. The largest absolute Gasteiger partial charge is 0.346 e. The van der Waals surface area contributed by atoms with Crippen molar-refractivity contribution in [3.05, 3.63) is 52.3 Å². The van der Waals surface area contributed by atoms with Crippen LogP contribution in [0.2, 0.25) is 5.02 Å². The van der Waals surface area contributed by atoms with Crippen molar-refractivity contribution in [1.29, 1.82) is 0 Å². The average Bonchev–Trinajstić information content (AvgIpc) is 2.37. The number of halogens is 1. The van der Waals surface area contributed by atoms with Gasteiger partial charge in [-0.3, -0.25) is 19.7 Å². The summed E-state index contributed by atoms with van der Waals surface area (Å²) in [6.45, 7) is 3.97. The zero-order chi connectivity index (χ0) is 13.8. The minimum atomic E-state index is -0.278. The summed E-state index contributed by atoms with van der Waals surface area (Å²) in [4.78, 5) is 24.2. The standard InChI is InChI=1S/C13H13ClN4O/c1-8-3-12(14)11(7-16-8)13(19)18-6-10-5-15-9(2)4-17-10/h3-5,7H,6H2,1-2H3,(H,18,19). The van der Waals surface area contributed by atoms with Crippen molar-refractivity contribution >= 4 is 17.5 Å². The second-order valence-electron chi connectivity index (χ2n) is 4.14. The second kappa shape index (κ2) is 5.75. The van der Waals surface area contributed by atoms with Crippen molar-refractivity contribution in [2.45, 2.75) is 20.4 Å². The molecule has 2 rings (SSSR count). The first-order valence-corrected chi connectivity index (χ1v) is 6.12. The number of nitrogens with one attached hydrogen (secondary N) is 1. The van der Waals surface area contributed by atoms with E-state index >= 15 is 0 Å². The lowest BCUT2D eigenvalue weighted by Crippen LogP contribution is -2.24. The Labute approximate surface area is 116 Å². The van der Waals surface area contributed by atoms with Crippen LogP contribution in [0, 0.1) is 13.8 Å². The first kappa shape index (κ1) is 13.4. The van der Waals surface area contributed by atoms with Gasteiger partial charge in [-0.2, -0.15) is 0 Å². The molecule has 0 radical (unpaired) electrons. The molecule has 2 aromatic rings. The maximum atomic E-state index is 11.9. The zero-order valence-corrected chi connectivity index (χ0v) is 11.4. The molecule has 98 valence electrons. The molecule has 0 bridgehead atoms. The predicted molar refractivity (Wildman–Crippen MR) is 71.9 cm³/mol. The van der Waals surface area contributed by atoms with Gasteiger partial charge in [-0.05, 0) is 19.9 Å². The summed E-state index contributed by atoms with van der Waals surface area (Å²) >= 11 is 6.00. The third-order valence-electron chi connectivity index (χ3n) is 2.50. The lowest BCUT2D eigenvalue weighted by Gasteiger charge is -2.06. The summed E-state index contributed by atoms with van der Waals surface area (Å²) in [5, 5.41) is 3.12. The summed E-state index contributed by atoms with van der Waals surface area (Å²) in [6.07, 6.45) is 4.75. The second-order valence-corrected chi connectivity index (χ2v) is 4.54. The third-order valence-corrected chi connectivity index (χ3v) is 2.81. The lowest BCUT2D eigenvalue weighted by atomic mass is 10.2. The number of nitrogens with zero attached hydrogens (tertiary/aromatic N) is 3. The van der Waals surface area contributed by atoms with Crippen LogP contribution in [0.4, 0.5) is 0 Å². The molecule has 1 amide bonds. The van der Waals surface area contributed by atoms with Crippen molar-refractivity contribution < 1.29 is 4.79 Å². The van der Waals surface area contributed by atoms with Crippen molar-refractivity contribution in [1.82, 2.24) is 20.3 Å². The summed E-state index contributed by atoms with van der Waals surface area (Å²) in [7, 11) is 0. The van der Waals surface area contributed by atoms with E-state index in [1.165, 1.54) is 6.20 Å². The summed E-state index contributed by atoms with van der Waals surface area (Å²) in [5.41, 5.74) is 2.65. The van der Waals surface area contributed by atoms with Crippen LogP contribution in [0.15, 0.2) is 24.7 Å². The molecule has 0 aliphatic carbocycles. The van der Waals surface area contributed by atoms with Crippen LogP contribution < -0.4 is 5.32 Å². The molecule has 2 aromatic heterocycles. The monoisotopic (exact) mass is 276 g/mol. The molecule has 0 aliphatic rings. The number of carbonyl (C=O) groups excluding carboxylic acids is 1. The van der Waals surface area contributed by atoms with Crippen molar-refractivity contribution in [2.24, 2.45) is 0 Å². The van der Waals surface area contributed by atoms with Crippen LogP contribution in [0.1, 0.15) is 27.4 Å². The Kier molecular flexibility index (Phi) is 4.06. The van der Waals surface area contributed by atoms with E-state index in [0.29, 0.717) is 22.8 Å². The van der Waals surface area contributed by atoms with E-state index in [1.54, 1.807) is 18.5 Å². The van der Waals surface area contributed by atoms with Crippen LogP contribution in [0.25, 0.3) is 0 Å². The van der Waals surface area contributed by atoms with Gasteiger partial charge in [-0.25, -0.2) is 0 Å². The molecule has 0 saturated carbocycles. The molecular formula is C13H13ClN4O. The Morgan fingerprint density at radius 2 is 1.89 bits per heavy atom. The first-order valence-electron chi connectivity index (χ1n) is 5.74. The van der Waals surface area contributed by atoms with E-state index in [-0.39, 0.29) is 5.91 Å². The van der Waals surface area contributed by atoms with Gasteiger partial charge in [-0.15, -0.1) is 0 Å². The Bertz CT molecular complexity index is 598. The van der Waals surface area contributed by atoms with E-state index in [9.17, 15) is 4.79 Å². The minimum absolute atomic E-state index is 0.278. The molecular weight excluding hydrogens is 264 g/mol. The van der Waals surface area contributed by atoms with Crippen LogP contribution in [0.5, 0.6) is 0 Å². The number of hydrogen-bond acceptors (Lipinski definition) is 4. The van der Waals surface area contributed by atoms with Gasteiger partial charge in [0.25, 0.3) is 5.91 Å². The molecule has 0 unspecified atom stereocenters. The zero-order valence-electron chi connectivity index (χ0n) is 10.6. The van der Waals surface area contributed by atoms with Gasteiger partial charge in [0.05, 0.1) is 34.7 Å². The van der Waals surface area contributed by atoms with Crippen molar-refractivity contribution in [2.75, 3.05) is 0 Å². The van der Waals surface area contributed by atoms with E-state index in [0.717, 1.165) is 11.4 Å². The summed E-state index contributed by atoms with van der Waals surface area (Å²) in [5.74, 6) is -0.278. The Hall–Kier alpha value is -2.01. The van der Waals surface area contributed by atoms with Gasteiger partial charge in [0.2, 0.25) is 0 Å². The van der Waals surface area contributed by atoms with Crippen LogP contribution >= 0.6 is 11.6 Å². The topological polar surface area (TPSA) is 67.8 Å². The molecule has 0 fully saturated rings. The average molecular weight is 277 g/mol. The first-order chi connectivity index (χ1) is 9.06. The fourth-order valence-corrected chi connectivity index (χ4v) is 1.76. The van der Waals surface area contributed by atoms with Crippen LogP contribution in [0.3, 0.4) is 0 Å². The Balaban J connectivity index is 2.03. The van der Waals surface area contributed by atoms with Gasteiger partial charge in [0.15, 0.2) is 0 Å². The number of amides is 1. The fraction of sp³-hybridized carbons (Fsp3) is 0.231. The van der Waals surface area contributed by atoms with E-state index in [4.69, 9.17) is 11.6 Å². The number of hydrogen-bond donors (Lipinski definition) is 1. The van der Waals surface area contributed by atoms with E-state index < -0.39 is 0 Å². The SMILES string of the molecule is Cc1cnc(CNC(=O)c2cnc(C)cc2Cl)cn1. The van der Waals surface area contributed by atoms with Gasteiger partial charge in [-0.1, -0.05) is 11.6 Å². The molecule has 19 heavy (non-hydrogen) atoms. The van der Waals surface area contributed by atoms with Gasteiger partial charge >= 0.3 is 0 Å². The summed E-state index contributed by atoms with van der Waals surface area (Å²) < 4.78 is 0. The lowest BCUT2D eigenvalue weighted by molar-refractivity contribution is 0.0950. The van der Waals surface area contributed by atoms with Crippen molar-refractivity contribution in [3.63, 3.8) is 0 Å². The minimum Gasteiger partial charge on any atom is -0.346 e. The highest BCUT2D eigenvalue weighted by Gasteiger charge is 2.11. The Morgan fingerprint density at radius 1 is 1.16 bits per heavy atom. The van der Waals surface area contributed by atoms with Gasteiger partial charge in [0, 0.05) is 18.1 Å². The highest BCUT2D eigenvalue weighted by molar-refractivity contribution is 6.33. The smallest absolute Gasteiger partial charge is 0.254 e. The third kappa shape index (κ3) is 3.48. The number of rotatable bonds is 3. The molecule has 0 aromatic carbocycles. The Morgan fingerprint density at radius 3 is 2.53 bits per heavy atom. The molecule has 1 N–H and O–H groups in total. The number of aryl methyl sites for hydroxylation is 2. The highest BCUT2D eigenvalue weighted by Crippen LogP contribution is 2.15. The molecule has 2 heterocycles. The fourth-order valence-electron chi connectivity index (χ4n) is 1.47. The van der Waals surface area contributed by atoms with Crippen LogP contribution in [-0.2, 0) is 6.54 Å². The van der Waals surface area contributed by atoms with E-state index in [2.05, 4.69) is 20.3 Å². The molecule has 0 atom stereocenters. The molecule has 6 heteroatoms. The number of pyridine rings is 1. The molecule has 0 aliphatic heterocycles. The quantitative estimate of drug-likeness (QED) is 0.932. The highest BCUT2D eigenvalue weighted by atomic mass is 35.5. The predicted octanol–water partition coefficient (Wildman–Crippen LogP) is 2.07. The maximum Gasteiger partial charge on any atom is 0.254 e. The van der Waals surface area contributed by atoms with Gasteiger partial charge < -0.3 is 5.32 Å².